The molecule has 0 aliphatic heterocycles. The molecule has 0 aromatic heterocycles. The highest BCUT2D eigenvalue weighted by molar-refractivity contribution is 5.98. The summed E-state index contributed by atoms with van der Waals surface area (Å²) < 4.78 is 29.3. The summed E-state index contributed by atoms with van der Waals surface area (Å²) in [7, 11) is 1.48. The lowest BCUT2D eigenvalue weighted by Crippen LogP contribution is -2.34. The molecule has 148 valence electrons. The van der Waals surface area contributed by atoms with Gasteiger partial charge in [-0.2, -0.15) is 8.78 Å². The summed E-state index contributed by atoms with van der Waals surface area (Å²) >= 11 is 0. The molecule has 0 heterocycles. The van der Waals surface area contributed by atoms with Gasteiger partial charge < -0.3 is 15.0 Å². The third kappa shape index (κ3) is 6.19. The van der Waals surface area contributed by atoms with Gasteiger partial charge in [-0.05, 0) is 43.2 Å². The number of likely N-dealkylation sites (N-methyl/N-ethyl adjacent to an activating group) is 1. The van der Waals surface area contributed by atoms with Crippen molar-refractivity contribution in [3.63, 3.8) is 0 Å². The van der Waals surface area contributed by atoms with E-state index in [1.54, 1.807) is 18.2 Å². The number of nitrogens with one attached hydrogen (secondary N) is 1. The number of halogens is 2. The molecule has 2 rings (SSSR count). The molecular formula is C21H22F2N2O3. The lowest BCUT2D eigenvalue weighted by Gasteiger charge is -2.16. The Labute approximate surface area is 162 Å². The Bertz CT molecular complexity index is 882. The van der Waals surface area contributed by atoms with Crippen molar-refractivity contribution < 1.29 is 23.1 Å². The smallest absolute Gasteiger partial charge is 0.387 e. The maximum Gasteiger partial charge on any atom is 0.387 e. The highest BCUT2D eigenvalue weighted by atomic mass is 19.3. The Hall–Kier alpha value is -3.22. The number of hydrogen-bond donors (Lipinski definition) is 1. The van der Waals surface area contributed by atoms with Crippen LogP contribution in [0.5, 0.6) is 5.75 Å². The molecule has 7 heteroatoms. The van der Waals surface area contributed by atoms with Crippen LogP contribution < -0.4 is 10.1 Å². The average Bonchev–Trinajstić information content (AvgIpc) is 2.63. The van der Waals surface area contributed by atoms with Crippen LogP contribution in [0.3, 0.4) is 0 Å². The van der Waals surface area contributed by atoms with Gasteiger partial charge in [0.1, 0.15) is 5.75 Å². The number of aryl methyl sites for hydroxylation is 2. The number of alkyl halides is 2. The molecule has 0 fully saturated rings. The second-order valence-corrected chi connectivity index (χ2v) is 6.31. The molecule has 0 radical (unpaired) electrons. The Morgan fingerprint density at radius 2 is 1.89 bits per heavy atom. The molecule has 28 heavy (non-hydrogen) atoms. The predicted molar refractivity (Wildman–Crippen MR) is 104 cm³/mol. The van der Waals surface area contributed by atoms with Crippen LogP contribution in [0.1, 0.15) is 16.7 Å². The maximum absolute atomic E-state index is 12.4. The van der Waals surface area contributed by atoms with Gasteiger partial charge >= 0.3 is 6.61 Å². The lowest BCUT2D eigenvalue weighted by molar-refractivity contribution is -0.129. The fourth-order valence-electron chi connectivity index (χ4n) is 2.46. The number of amides is 2. The standard InChI is InChI=1S/C21H22F2N2O3/c1-14-8-9-15(2)17(12-14)24-19(26)13-25(3)20(27)11-10-16-6-4-5-7-18(16)28-21(22)23/h4-12,21H,13H2,1-3H3,(H,24,26)/b11-10+. The topological polar surface area (TPSA) is 58.6 Å². The fraction of sp³-hybridized carbons (Fsp3) is 0.238. The molecule has 0 atom stereocenters. The summed E-state index contributed by atoms with van der Waals surface area (Å²) in [4.78, 5) is 25.7. The predicted octanol–water partition coefficient (Wildman–Crippen LogP) is 4.02. The fourth-order valence-corrected chi connectivity index (χ4v) is 2.46. The molecule has 1 N–H and O–H groups in total. The molecule has 0 bridgehead atoms. The SMILES string of the molecule is Cc1ccc(C)c(NC(=O)CN(C)C(=O)/C=C/c2ccccc2OC(F)F)c1. The van der Waals surface area contributed by atoms with Crippen molar-refractivity contribution in [2.75, 3.05) is 18.9 Å². The van der Waals surface area contributed by atoms with E-state index in [2.05, 4.69) is 10.1 Å². The van der Waals surface area contributed by atoms with Gasteiger partial charge in [0.2, 0.25) is 11.8 Å². The third-order valence-corrected chi connectivity index (χ3v) is 3.96. The zero-order valence-corrected chi connectivity index (χ0v) is 15.9. The number of carbonyl (C=O) groups is 2. The van der Waals surface area contributed by atoms with Crippen LogP contribution in [0.25, 0.3) is 6.08 Å². The van der Waals surface area contributed by atoms with E-state index >= 15 is 0 Å². The van der Waals surface area contributed by atoms with Crippen molar-refractivity contribution in [2.45, 2.75) is 20.5 Å². The molecule has 0 saturated heterocycles. The van der Waals surface area contributed by atoms with Crippen LogP contribution in [0.2, 0.25) is 0 Å². The number of anilines is 1. The van der Waals surface area contributed by atoms with Crippen LogP contribution in [0.15, 0.2) is 48.5 Å². The van der Waals surface area contributed by atoms with E-state index in [9.17, 15) is 18.4 Å². The van der Waals surface area contributed by atoms with Crippen LogP contribution in [-0.4, -0.2) is 36.9 Å². The van der Waals surface area contributed by atoms with Gasteiger partial charge in [0.25, 0.3) is 0 Å². The van der Waals surface area contributed by atoms with Gasteiger partial charge in [0.15, 0.2) is 0 Å². The van der Waals surface area contributed by atoms with E-state index in [0.717, 1.165) is 11.1 Å². The minimum Gasteiger partial charge on any atom is -0.434 e. The maximum atomic E-state index is 12.4. The summed E-state index contributed by atoms with van der Waals surface area (Å²) in [5.74, 6) is -0.806. The van der Waals surface area contributed by atoms with E-state index in [1.165, 1.54) is 30.2 Å². The normalized spacial score (nSPS) is 10.9. The number of benzene rings is 2. The van der Waals surface area contributed by atoms with Crippen molar-refractivity contribution in [1.82, 2.24) is 4.90 Å². The molecule has 2 aromatic rings. The molecular weight excluding hydrogens is 366 g/mol. The molecule has 0 aliphatic rings. The summed E-state index contributed by atoms with van der Waals surface area (Å²) in [6, 6.07) is 11.8. The van der Waals surface area contributed by atoms with Crippen molar-refractivity contribution in [3.05, 3.63) is 65.2 Å². The molecule has 0 spiro atoms. The van der Waals surface area contributed by atoms with E-state index in [0.29, 0.717) is 11.3 Å². The first-order valence-corrected chi connectivity index (χ1v) is 8.60. The first-order valence-electron chi connectivity index (χ1n) is 8.60. The van der Waals surface area contributed by atoms with Crippen LogP contribution in [0.4, 0.5) is 14.5 Å². The van der Waals surface area contributed by atoms with Gasteiger partial charge in [-0.15, -0.1) is 0 Å². The monoisotopic (exact) mass is 388 g/mol. The minimum absolute atomic E-state index is 0.0307. The molecule has 5 nitrogen and oxygen atoms in total. The zero-order valence-electron chi connectivity index (χ0n) is 15.9. The van der Waals surface area contributed by atoms with Gasteiger partial charge in [-0.1, -0.05) is 30.3 Å². The summed E-state index contributed by atoms with van der Waals surface area (Å²) in [5, 5.41) is 2.78. The van der Waals surface area contributed by atoms with Crippen LogP contribution >= 0.6 is 0 Å². The second-order valence-electron chi connectivity index (χ2n) is 6.31. The highest BCUT2D eigenvalue weighted by Crippen LogP contribution is 2.21. The van der Waals surface area contributed by atoms with Crippen molar-refractivity contribution in [1.29, 1.82) is 0 Å². The Balaban J connectivity index is 1.98. The molecule has 0 unspecified atom stereocenters. The van der Waals surface area contributed by atoms with Gasteiger partial charge in [-0.3, -0.25) is 9.59 Å². The lowest BCUT2D eigenvalue weighted by atomic mass is 10.1. The van der Waals surface area contributed by atoms with Gasteiger partial charge in [-0.25, -0.2) is 0 Å². The molecule has 0 aliphatic carbocycles. The highest BCUT2D eigenvalue weighted by Gasteiger charge is 2.13. The zero-order chi connectivity index (χ0) is 20.7. The van der Waals surface area contributed by atoms with Crippen molar-refractivity contribution >= 4 is 23.6 Å². The van der Waals surface area contributed by atoms with E-state index in [1.807, 2.05) is 32.0 Å². The van der Waals surface area contributed by atoms with E-state index < -0.39 is 12.5 Å². The first-order chi connectivity index (χ1) is 13.3. The summed E-state index contributed by atoms with van der Waals surface area (Å²) in [5.41, 5.74) is 2.96. The number of nitrogens with zero attached hydrogens (tertiary/aromatic N) is 1. The van der Waals surface area contributed by atoms with Gasteiger partial charge in [0.05, 0.1) is 6.54 Å². The van der Waals surface area contributed by atoms with E-state index in [4.69, 9.17) is 0 Å². The number of ether oxygens (including phenoxy) is 1. The van der Waals surface area contributed by atoms with Crippen LogP contribution in [0, 0.1) is 13.8 Å². The first kappa shape index (κ1) is 21.1. The third-order valence-electron chi connectivity index (χ3n) is 3.96. The van der Waals surface area contributed by atoms with Gasteiger partial charge in [0, 0.05) is 24.4 Å². The number of hydrogen-bond acceptors (Lipinski definition) is 3. The second kappa shape index (κ2) is 9.64. The molecule has 2 aromatic carbocycles. The minimum atomic E-state index is -2.96. The van der Waals surface area contributed by atoms with Crippen LogP contribution in [-0.2, 0) is 9.59 Å². The van der Waals surface area contributed by atoms with Crippen molar-refractivity contribution in [3.8, 4) is 5.75 Å². The number of para-hydroxylation sites is 1. The molecule has 0 saturated carbocycles. The number of rotatable bonds is 7. The quantitative estimate of drug-likeness (QED) is 0.729. The summed E-state index contributed by atoms with van der Waals surface area (Å²) in [6.45, 7) is 0.698. The Morgan fingerprint density at radius 1 is 1.18 bits per heavy atom. The largest absolute Gasteiger partial charge is 0.434 e. The molecule has 2 amide bonds. The Kier molecular flexibility index (Phi) is 7.26. The Morgan fingerprint density at radius 3 is 2.61 bits per heavy atom. The van der Waals surface area contributed by atoms with E-state index in [-0.39, 0.29) is 18.2 Å². The van der Waals surface area contributed by atoms with Crippen molar-refractivity contribution in [2.24, 2.45) is 0 Å². The average molecular weight is 388 g/mol. The summed E-state index contributed by atoms with van der Waals surface area (Å²) in [6.07, 6.45) is 2.58. The number of carbonyl (C=O) groups excluding carboxylic acids is 2.